The van der Waals surface area contributed by atoms with Crippen LogP contribution in [0.15, 0.2) is 47.6 Å². The van der Waals surface area contributed by atoms with Crippen molar-refractivity contribution in [2.24, 2.45) is 28.8 Å². The van der Waals surface area contributed by atoms with Crippen molar-refractivity contribution in [2.45, 2.75) is 37.9 Å². The van der Waals surface area contributed by atoms with Crippen molar-refractivity contribution in [1.82, 2.24) is 5.01 Å². The third-order valence-electron chi connectivity index (χ3n) is 7.36. The average Bonchev–Trinajstić information content (AvgIpc) is 3.26. The van der Waals surface area contributed by atoms with Crippen LogP contribution in [0.2, 0.25) is 0 Å². The summed E-state index contributed by atoms with van der Waals surface area (Å²) in [6, 6.07) is 9.74. The lowest BCUT2D eigenvalue weighted by Gasteiger charge is -2.52. The fraction of sp³-hybridized carbons (Fsp3) is 0.440. The summed E-state index contributed by atoms with van der Waals surface area (Å²) in [6.45, 7) is 0. The third kappa shape index (κ3) is 3.67. The second-order valence-corrected chi connectivity index (χ2v) is 9.11. The molecule has 3 saturated carbocycles. The molecule has 7 heteroatoms. The minimum atomic E-state index is -1.15. The number of halogens is 3. The highest BCUT2D eigenvalue weighted by molar-refractivity contribution is 5.82. The molecule has 1 aliphatic heterocycles. The van der Waals surface area contributed by atoms with Crippen LogP contribution in [-0.2, 0) is 4.79 Å². The number of amides is 1. The summed E-state index contributed by atoms with van der Waals surface area (Å²) in [5.74, 6) is -0.950. The van der Waals surface area contributed by atoms with Gasteiger partial charge in [-0.15, -0.1) is 0 Å². The Kier molecular flexibility index (Phi) is 5.43. The van der Waals surface area contributed by atoms with Crippen molar-refractivity contribution in [1.29, 1.82) is 0 Å². The predicted octanol–water partition coefficient (Wildman–Crippen LogP) is 5.61. The van der Waals surface area contributed by atoms with E-state index in [-0.39, 0.29) is 29.6 Å². The van der Waals surface area contributed by atoms with E-state index in [0.29, 0.717) is 29.7 Å². The Balaban J connectivity index is 1.34. The molecule has 6 rings (SSSR count). The number of rotatable bonds is 5. The van der Waals surface area contributed by atoms with E-state index in [2.05, 4.69) is 5.10 Å². The second-order valence-electron chi connectivity index (χ2n) is 9.11. The molecule has 168 valence electrons. The molecule has 2 aromatic carbocycles. The van der Waals surface area contributed by atoms with E-state index in [9.17, 15) is 13.6 Å². The highest BCUT2D eigenvalue weighted by atomic mass is 19.1. The summed E-state index contributed by atoms with van der Waals surface area (Å²) in [7, 11) is 1.57. The molecule has 4 atom stereocenters. The lowest BCUT2D eigenvalue weighted by Crippen LogP contribution is -2.49. The van der Waals surface area contributed by atoms with Crippen LogP contribution >= 0.6 is 0 Å². The number of nitrogens with zero attached hydrogens (tertiary/aromatic N) is 2. The number of hydrogen-bond acceptors (Lipinski definition) is 3. The SMILES string of the molecule is COc1ccc(C(F)[C@@H]2C[C@H](C(=O)N3N=CCC3c3cc(F)cc(F)c3)C3CC2C3)cc1. The van der Waals surface area contributed by atoms with Gasteiger partial charge in [-0.1, -0.05) is 12.1 Å². The molecule has 4 aliphatic rings. The maximum absolute atomic E-state index is 15.5. The molecule has 0 aromatic heterocycles. The standard InChI is InChI=1S/C25H25F3N2O2/c1-32-20-4-2-14(3-5-20)24(28)21-13-22(16-8-15(21)9-16)25(31)30-23(6-7-29-30)17-10-18(26)12-19(27)11-17/h2-5,7,10-12,15-16,21-24H,6,8-9,13H2,1H3/t15?,16?,21-,22+,23?,24?/m1/s1. The Morgan fingerprint density at radius 2 is 1.75 bits per heavy atom. The smallest absolute Gasteiger partial charge is 0.246 e. The van der Waals surface area contributed by atoms with E-state index in [4.69, 9.17) is 4.74 Å². The average molecular weight is 442 g/mol. The topological polar surface area (TPSA) is 41.9 Å². The molecule has 0 spiro atoms. The lowest BCUT2D eigenvalue weighted by molar-refractivity contribution is -0.149. The number of ether oxygens (including phenoxy) is 1. The minimum Gasteiger partial charge on any atom is -0.497 e. The van der Waals surface area contributed by atoms with Crippen LogP contribution in [0, 0.1) is 35.3 Å². The van der Waals surface area contributed by atoms with E-state index in [1.807, 2.05) is 0 Å². The van der Waals surface area contributed by atoms with E-state index in [0.717, 1.165) is 18.9 Å². The van der Waals surface area contributed by atoms with Crippen molar-refractivity contribution in [3.8, 4) is 5.75 Å². The van der Waals surface area contributed by atoms with Crippen LogP contribution in [0.4, 0.5) is 13.2 Å². The van der Waals surface area contributed by atoms with Crippen molar-refractivity contribution in [3.63, 3.8) is 0 Å². The second kappa shape index (κ2) is 8.26. The van der Waals surface area contributed by atoms with Crippen molar-refractivity contribution < 1.29 is 22.7 Å². The molecule has 2 bridgehead atoms. The molecule has 1 amide bonds. The number of hydrogen-bond donors (Lipinski definition) is 0. The molecule has 2 unspecified atom stereocenters. The van der Waals surface area contributed by atoms with Crippen LogP contribution in [0.5, 0.6) is 5.75 Å². The fourth-order valence-electron chi connectivity index (χ4n) is 5.60. The Labute approximate surface area is 185 Å². The van der Waals surface area contributed by atoms with Gasteiger partial charge in [-0.25, -0.2) is 18.2 Å². The zero-order chi connectivity index (χ0) is 22.4. The van der Waals surface area contributed by atoms with Gasteiger partial charge in [0.05, 0.1) is 13.2 Å². The number of fused-ring (bicyclic) bond motifs is 2. The molecule has 2 aromatic rings. The van der Waals surface area contributed by atoms with Crippen LogP contribution in [-0.4, -0.2) is 24.2 Å². The van der Waals surface area contributed by atoms with Crippen LogP contribution < -0.4 is 4.74 Å². The largest absolute Gasteiger partial charge is 0.497 e. The van der Waals surface area contributed by atoms with Crippen LogP contribution in [0.3, 0.4) is 0 Å². The first-order valence-corrected chi connectivity index (χ1v) is 11.0. The minimum absolute atomic E-state index is 0.177. The summed E-state index contributed by atoms with van der Waals surface area (Å²) in [4.78, 5) is 13.5. The molecule has 0 N–H and O–H groups in total. The molecular formula is C25H25F3N2O2. The van der Waals surface area contributed by atoms with Crippen molar-refractivity contribution in [2.75, 3.05) is 7.11 Å². The van der Waals surface area contributed by atoms with Crippen molar-refractivity contribution in [3.05, 3.63) is 65.2 Å². The first-order chi connectivity index (χ1) is 15.4. The number of methoxy groups -OCH3 is 1. The Hall–Kier alpha value is -2.83. The quantitative estimate of drug-likeness (QED) is 0.604. The highest BCUT2D eigenvalue weighted by Crippen LogP contribution is 2.57. The zero-order valence-corrected chi connectivity index (χ0v) is 17.8. The summed E-state index contributed by atoms with van der Waals surface area (Å²) in [5, 5.41) is 5.59. The van der Waals surface area contributed by atoms with Gasteiger partial charge in [-0.05, 0) is 72.4 Å². The van der Waals surface area contributed by atoms with Gasteiger partial charge in [0, 0.05) is 24.6 Å². The molecule has 1 heterocycles. The molecule has 32 heavy (non-hydrogen) atoms. The normalized spacial score (nSPS) is 29.5. The number of hydrazone groups is 1. The summed E-state index contributed by atoms with van der Waals surface area (Å²) >= 11 is 0. The van der Waals surface area contributed by atoms with E-state index in [1.165, 1.54) is 17.1 Å². The third-order valence-corrected chi connectivity index (χ3v) is 7.36. The zero-order valence-electron chi connectivity index (χ0n) is 17.8. The van der Waals surface area contributed by atoms with E-state index < -0.39 is 23.8 Å². The van der Waals surface area contributed by atoms with Crippen LogP contribution in [0.1, 0.15) is 49.0 Å². The highest BCUT2D eigenvalue weighted by Gasteiger charge is 2.52. The summed E-state index contributed by atoms with van der Waals surface area (Å²) in [6.07, 6.45) is 2.96. The summed E-state index contributed by atoms with van der Waals surface area (Å²) in [5.41, 5.74) is 0.980. The van der Waals surface area contributed by atoms with E-state index in [1.54, 1.807) is 37.6 Å². The van der Waals surface area contributed by atoms with Gasteiger partial charge in [-0.3, -0.25) is 4.79 Å². The predicted molar refractivity (Wildman–Crippen MR) is 114 cm³/mol. The van der Waals surface area contributed by atoms with E-state index >= 15 is 4.39 Å². The number of alkyl halides is 1. The van der Waals surface area contributed by atoms with Gasteiger partial charge in [-0.2, -0.15) is 5.10 Å². The molecule has 0 saturated heterocycles. The van der Waals surface area contributed by atoms with Crippen LogP contribution in [0.25, 0.3) is 0 Å². The van der Waals surface area contributed by atoms with Gasteiger partial charge >= 0.3 is 0 Å². The maximum atomic E-state index is 15.5. The molecule has 4 nitrogen and oxygen atoms in total. The molecular weight excluding hydrogens is 417 g/mol. The Bertz CT molecular complexity index is 1020. The molecule has 3 aliphatic carbocycles. The summed E-state index contributed by atoms with van der Waals surface area (Å²) < 4.78 is 48.2. The van der Waals surface area contributed by atoms with Gasteiger partial charge < -0.3 is 4.74 Å². The van der Waals surface area contributed by atoms with Gasteiger partial charge in [0.1, 0.15) is 23.6 Å². The number of benzene rings is 2. The first-order valence-electron chi connectivity index (χ1n) is 11.0. The van der Waals surface area contributed by atoms with Gasteiger partial charge in [0.25, 0.3) is 0 Å². The number of carbonyl (C=O) groups excluding carboxylic acids is 1. The maximum Gasteiger partial charge on any atom is 0.246 e. The van der Waals surface area contributed by atoms with Gasteiger partial charge in [0.15, 0.2) is 0 Å². The fourth-order valence-corrected chi connectivity index (χ4v) is 5.60. The lowest BCUT2D eigenvalue weighted by atomic mass is 9.54. The van der Waals surface area contributed by atoms with Crippen molar-refractivity contribution >= 4 is 12.1 Å². The first kappa shape index (κ1) is 21.0. The molecule has 0 radical (unpaired) electrons. The Morgan fingerprint density at radius 3 is 2.41 bits per heavy atom. The number of carbonyl (C=O) groups is 1. The molecule has 3 fully saturated rings. The van der Waals surface area contributed by atoms with Gasteiger partial charge in [0.2, 0.25) is 5.91 Å². The monoisotopic (exact) mass is 442 g/mol. The Morgan fingerprint density at radius 1 is 1.06 bits per heavy atom.